The van der Waals surface area contributed by atoms with Crippen LogP contribution < -0.4 is 5.32 Å². The molecule has 0 radical (unpaired) electrons. The number of aromatic nitrogens is 1. The minimum absolute atomic E-state index is 0.0459. The lowest BCUT2D eigenvalue weighted by atomic mass is 10.2. The van der Waals surface area contributed by atoms with Crippen LogP contribution in [0, 0.1) is 0 Å². The molecule has 0 aliphatic rings. The maximum Gasteiger partial charge on any atom is 0.332 e. The van der Waals surface area contributed by atoms with E-state index in [1.807, 2.05) is 36.4 Å². The monoisotopic (exact) mass is 338 g/mol. The molecule has 1 aromatic heterocycles. The molecule has 0 aliphatic heterocycles. The Bertz CT molecular complexity index is 822. The maximum atomic E-state index is 12.8. The number of halogens is 1. The van der Waals surface area contributed by atoms with Crippen molar-refractivity contribution in [3.8, 4) is 0 Å². The lowest BCUT2D eigenvalue weighted by Crippen LogP contribution is -1.94. The first kappa shape index (κ1) is 16.2. The Kier molecular flexibility index (Phi) is 5.23. The zero-order valence-electron chi connectivity index (χ0n) is 12.8. The Morgan fingerprint density at radius 3 is 2.46 bits per heavy atom. The van der Waals surface area contributed by atoms with Gasteiger partial charge >= 0.3 is 6.04 Å². The van der Waals surface area contributed by atoms with E-state index in [0.717, 1.165) is 16.3 Å². The van der Waals surface area contributed by atoms with Gasteiger partial charge in [0, 0.05) is 34.4 Å². The van der Waals surface area contributed by atoms with Crippen LogP contribution in [0.25, 0.3) is 0 Å². The van der Waals surface area contributed by atoms with Gasteiger partial charge in [-0.2, -0.15) is 4.39 Å². The highest BCUT2D eigenvalue weighted by atomic mass is 32.2. The highest BCUT2D eigenvalue weighted by Crippen LogP contribution is 2.25. The van der Waals surface area contributed by atoms with Crippen LogP contribution in [-0.4, -0.2) is 11.0 Å². The molecule has 24 heavy (non-hydrogen) atoms. The fraction of sp³-hybridized carbons (Fsp3) is 0.0526. The smallest absolute Gasteiger partial charge is 0.332 e. The molecule has 1 N–H and O–H groups in total. The summed E-state index contributed by atoms with van der Waals surface area (Å²) in [6.07, 6.45) is 3.58. The summed E-state index contributed by atoms with van der Waals surface area (Å²) in [5.41, 5.74) is 2.83. The topological polar surface area (TPSA) is 42.0 Å². The molecule has 0 saturated heterocycles. The van der Waals surface area contributed by atoms with E-state index in [9.17, 15) is 9.18 Å². The van der Waals surface area contributed by atoms with Crippen LogP contribution in [0.5, 0.6) is 0 Å². The van der Waals surface area contributed by atoms with E-state index in [1.165, 1.54) is 17.7 Å². The normalized spacial score (nSPS) is 10.4. The number of benzene rings is 2. The quantitative estimate of drug-likeness (QED) is 0.494. The van der Waals surface area contributed by atoms with Gasteiger partial charge in [0.25, 0.3) is 0 Å². The first-order valence-electron chi connectivity index (χ1n) is 7.39. The molecule has 0 atom stereocenters. The van der Waals surface area contributed by atoms with Crippen LogP contribution >= 0.6 is 11.8 Å². The number of hydrogen-bond donors (Lipinski definition) is 1. The number of nitrogens with one attached hydrogen (secondary N) is 1. The van der Waals surface area contributed by atoms with E-state index < -0.39 is 6.04 Å². The third kappa shape index (κ3) is 4.43. The number of anilines is 2. The molecular weight excluding hydrogens is 323 g/mol. The molecule has 5 heteroatoms. The third-order valence-corrected chi connectivity index (χ3v) is 4.47. The lowest BCUT2D eigenvalue weighted by Gasteiger charge is -2.08. The van der Waals surface area contributed by atoms with Gasteiger partial charge in [0.1, 0.15) is 0 Å². The van der Waals surface area contributed by atoms with Crippen molar-refractivity contribution in [1.82, 2.24) is 4.98 Å². The number of thioether (sulfide) groups is 1. The summed E-state index contributed by atoms with van der Waals surface area (Å²) in [6.45, 7) is 0. The summed E-state index contributed by atoms with van der Waals surface area (Å²) in [6, 6.07) is 16.9. The molecule has 3 aromatic rings. The summed E-state index contributed by atoms with van der Waals surface area (Å²) in [7, 11) is 0. The van der Waals surface area contributed by atoms with E-state index in [-0.39, 0.29) is 5.56 Å². The van der Waals surface area contributed by atoms with E-state index in [0.29, 0.717) is 5.69 Å². The van der Waals surface area contributed by atoms with E-state index in [4.69, 9.17) is 0 Å². The van der Waals surface area contributed by atoms with Crippen LogP contribution in [0.15, 0.2) is 78.0 Å². The summed E-state index contributed by atoms with van der Waals surface area (Å²) >= 11 is 1.75. The molecule has 0 bridgehead atoms. The van der Waals surface area contributed by atoms with Crippen molar-refractivity contribution in [3.05, 3.63) is 84.2 Å². The summed E-state index contributed by atoms with van der Waals surface area (Å²) in [5, 5.41) is 3.16. The van der Waals surface area contributed by atoms with Gasteiger partial charge in [-0.25, -0.2) is 0 Å². The zero-order valence-corrected chi connectivity index (χ0v) is 13.6. The Morgan fingerprint density at radius 1 is 1.00 bits per heavy atom. The van der Waals surface area contributed by atoms with Crippen LogP contribution in [0.3, 0.4) is 0 Å². The number of nitrogens with zero attached hydrogens (tertiary/aromatic N) is 1. The highest BCUT2D eigenvalue weighted by molar-refractivity contribution is 7.98. The maximum absolute atomic E-state index is 12.8. The lowest BCUT2D eigenvalue weighted by molar-refractivity contribution is 0.0836. The molecule has 3 nitrogen and oxygen atoms in total. The van der Waals surface area contributed by atoms with E-state index in [2.05, 4.69) is 10.3 Å². The third-order valence-electron chi connectivity index (χ3n) is 3.39. The molecule has 0 unspecified atom stereocenters. The second-order valence-corrected chi connectivity index (χ2v) is 6.20. The molecular formula is C19H15FN2OS. The molecule has 1 heterocycles. The molecule has 0 amide bonds. The van der Waals surface area contributed by atoms with Crippen LogP contribution in [-0.2, 0) is 5.75 Å². The fourth-order valence-electron chi connectivity index (χ4n) is 2.17. The van der Waals surface area contributed by atoms with Gasteiger partial charge in [-0.15, -0.1) is 11.8 Å². The Labute approximate surface area is 143 Å². The highest BCUT2D eigenvalue weighted by Gasteiger charge is 2.04. The van der Waals surface area contributed by atoms with Gasteiger partial charge in [0.2, 0.25) is 0 Å². The Balaban J connectivity index is 1.62. The van der Waals surface area contributed by atoms with Gasteiger partial charge in [-0.1, -0.05) is 6.07 Å². The molecule has 2 aromatic carbocycles. The van der Waals surface area contributed by atoms with Crippen LogP contribution in [0.1, 0.15) is 15.9 Å². The largest absolute Gasteiger partial charge is 0.356 e. The Morgan fingerprint density at radius 2 is 1.75 bits per heavy atom. The second kappa shape index (κ2) is 7.75. The zero-order chi connectivity index (χ0) is 16.8. The van der Waals surface area contributed by atoms with Crippen molar-refractivity contribution < 1.29 is 9.18 Å². The predicted molar refractivity (Wildman–Crippen MR) is 95.4 cm³/mol. The first-order valence-corrected chi connectivity index (χ1v) is 8.38. The standard InChI is InChI=1S/C19H15FN2OS/c20-19(23)15-2-1-3-17(12-15)22-16-4-6-18(7-5-16)24-13-14-8-10-21-11-9-14/h1-12,22H,13H2. The molecule has 3 rings (SSSR count). The first-order chi connectivity index (χ1) is 11.7. The molecule has 120 valence electrons. The van der Waals surface area contributed by atoms with Gasteiger partial charge in [-0.05, 0) is 60.2 Å². The van der Waals surface area contributed by atoms with E-state index in [1.54, 1.807) is 36.3 Å². The number of hydrogen-bond acceptors (Lipinski definition) is 4. The molecule has 0 fully saturated rings. The van der Waals surface area contributed by atoms with E-state index >= 15 is 0 Å². The SMILES string of the molecule is O=C(F)c1cccc(Nc2ccc(SCc3ccncc3)cc2)c1. The second-order valence-electron chi connectivity index (χ2n) is 5.15. The van der Waals surface area contributed by atoms with Crippen molar-refractivity contribution in [2.24, 2.45) is 0 Å². The molecule has 0 aliphatic carbocycles. The minimum atomic E-state index is -1.43. The van der Waals surface area contributed by atoms with Crippen LogP contribution in [0.2, 0.25) is 0 Å². The summed E-state index contributed by atoms with van der Waals surface area (Å²) in [5.74, 6) is 0.885. The van der Waals surface area contributed by atoms with Gasteiger partial charge < -0.3 is 5.32 Å². The van der Waals surface area contributed by atoms with Crippen molar-refractivity contribution in [2.75, 3.05) is 5.32 Å². The Hall–Kier alpha value is -2.66. The van der Waals surface area contributed by atoms with Gasteiger partial charge in [0.05, 0.1) is 5.56 Å². The van der Waals surface area contributed by atoms with Gasteiger partial charge in [0.15, 0.2) is 0 Å². The van der Waals surface area contributed by atoms with Crippen molar-refractivity contribution >= 4 is 29.2 Å². The summed E-state index contributed by atoms with van der Waals surface area (Å²) < 4.78 is 12.8. The minimum Gasteiger partial charge on any atom is -0.356 e. The fourth-order valence-corrected chi connectivity index (χ4v) is 3.02. The van der Waals surface area contributed by atoms with Crippen molar-refractivity contribution in [1.29, 1.82) is 0 Å². The average molecular weight is 338 g/mol. The number of pyridine rings is 1. The average Bonchev–Trinajstić information content (AvgIpc) is 2.62. The van der Waals surface area contributed by atoms with Gasteiger partial charge in [-0.3, -0.25) is 9.78 Å². The van der Waals surface area contributed by atoms with Crippen molar-refractivity contribution in [3.63, 3.8) is 0 Å². The summed E-state index contributed by atoms with van der Waals surface area (Å²) in [4.78, 5) is 15.9. The predicted octanol–water partition coefficient (Wildman–Crippen LogP) is 5.23. The van der Waals surface area contributed by atoms with Crippen LogP contribution in [0.4, 0.5) is 15.8 Å². The number of rotatable bonds is 6. The molecule has 0 spiro atoms. The number of carbonyl (C=O) groups is 1. The van der Waals surface area contributed by atoms with Crippen molar-refractivity contribution in [2.45, 2.75) is 10.6 Å². The number of carbonyl (C=O) groups excluding carboxylic acids is 1. The molecule has 0 saturated carbocycles.